The molecule has 4 N–H and O–H groups in total. The van der Waals surface area contributed by atoms with Crippen LogP contribution in [0.25, 0.3) is 0 Å². The number of rotatable bonds is 8. The first-order valence-corrected chi connectivity index (χ1v) is 10.9. The van der Waals surface area contributed by atoms with Crippen LogP contribution in [0.15, 0.2) is 66.9 Å². The monoisotopic (exact) mass is 446 g/mol. The van der Waals surface area contributed by atoms with Crippen molar-refractivity contribution in [3.63, 3.8) is 0 Å². The van der Waals surface area contributed by atoms with Crippen molar-refractivity contribution >= 4 is 17.7 Å². The molecule has 0 aliphatic heterocycles. The molecule has 33 heavy (non-hydrogen) atoms. The predicted molar refractivity (Wildman–Crippen MR) is 121 cm³/mol. The lowest BCUT2D eigenvalue weighted by atomic mass is 10.0. The number of aromatic nitrogens is 3. The summed E-state index contributed by atoms with van der Waals surface area (Å²) in [5.41, 5.74) is 7.40. The molecule has 3 unspecified atom stereocenters. The van der Waals surface area contributed by atoms with Gasteiger partial charge in [0, 0.05) is 11.5 Å². The van der Waals surface area contributed by atoms with E-state index in [-0.39, 0.29) is 30.3 Å². The van der Waals surface area contributed by atoms with E-state index in [0.717, 1.165) is 6.42 Å². The highest BCUT2D eigenvalue weighted by Gasteiger charge is 2.33. The van der Waals surface area contributed by atoms with E-state index in [0.29, 0.717) is 29.7 Å². The molecule has 0 spiro atoms. The normalized spacial score (nSPS) is 18.4. The van der Waals surface area contributed by atoms with E-state index in [9.17, 15) is 14.4 Å². The SMILES string of the molecule is NC(=O)C(NC(=O)C1CCC(n2cc(CNC(=O)c3ccccc3)nn2)C1)c1ccccc1. The minimum atomic E-state index is -0.857. The molecule has 3 aromatic rings. The van der Waals surface area contributed by atoms with Gasteiger partial charge in [-0.15, -0.1) is 5.10 Å². The summed E-state index contributed by atoms with van der Waals surface area (Å²) < 4.78 is 1.75. The highest BCUT2D eigenvalue weighted by Crippen LogP contribution is 2.34. The minimum absolute atomic E-state index is 0.0237. The molecule has 4 rings (SSSR count). The van der Waals surface area contributed by atoms with Gasteiger partial charge >= 0.3 is 0 Å². The van der Waals surface area contributed by atoms with Crippen LogP contribution in [-0.4, -0.2) is 32.7 Å². The van der Waals surface area contributed by atoms with Gasteiger partial charge in [-0.05, 0) is 37.0 Å². The fraction of sp³-hybridized carbons (Fsp3) is 0.292. The topological polar surface area (TPSA) is 132 Å². The molecule has 1 aromatic heterocycles. The first-order chi connectivity index (χ1) is 16.0. The molecule has 0 saturated heterocycles. The summed E-state index contributed by atoms with van der Waals surface area (Å²) in [5.74, 6) is -1.21. The summed E-state index contributed by atoms with van der Waals surface area (Å²) in [6.07, 6.45) is 3.83. The Morgan fingerprint density at radius 1 is 1.03 bits per heavy atom. The van der Waals surface area contributed by atoms with Gasteiger partial charge < -0.3 is 16.4 Å². The number of nitrogens with one attached hydrogen (secondary N) is 2. The van der Waals surface area contributed by atoms with E-state index >= 15 is 0 Å². The number of carbonyl (C=O) groups is 3. The van der Waals surface area contributed by atoms with Crippen molar-refractivity contribution in [3.05, 3.63) is 83.7 Å². The molecule has 1 aliphatic rings. The summed E-state index contributed by atoms with van der Waals surface area (Å²) >= 11 is 0. The van der Waals surface area contributed by atoms with Crippen LogP contribution in [-0.2, 0) is 16.1 Å². The molecular weight excluding hydrogens is 420 g/mol. The zero-order valence-electron chi connectivity index (χ0n) is 18.1. The van der Waals surface area contributed by atoms with Crippen LogP contribution in [0, 0.1) is 5.92 Å². The fourth-order valence-electron chi connectivity index (χ4n) is 4.10. The minimum Gasteiger partial charge on any atom is -0.368 e. The Morgan fingerprint density at radius 3 is 2.42 bits per heavy atom. The van der Waals surface area contributed by atoms with Crippen molar-refractivity contribution in [2.75, 3.05) is 0 Å². The summed E-state index contributed by atoms with van der Waals surface area (Å²) in [6.45, 7) is 0.266. The van der Waals surface area contributed by atoms with Gasteiger partial charge in [-0.25, -0.2) is 4.68 Å². The lowest BCUT2D eigenvalue weighted by Gasteiger charge is -2.18. The summed E-state index contributed by atoms with van der Waals surface area (Å²) in [4.78, 5) is 36.9. The van der Waals surface area contributed by atoms with Crippen molar-refractivity contribution in [1.29, 1.82) is 0 Å². The van der Waals surface area contributed by atoms with Crippen molar-refractivity contribution < 1.29 is 14.4 Å². The van der Waals surface area contributed by atoms with Crippen LogP contribution in [0.1, 0.15) is 53.0 Å². The third-order valence-corrected chi connectivity index (χ3v) is 5.88. The second kappa shape index (κ2) is 10.1. The van der Waals surface area contributed by atoms with Crippen LogP contribution in [0.2, 0.25) is 0 Å². The quantitative estimate of drug-likeness (QED) is 0.486. The van der Waals surface area contributed by atoms with E-state index in [4.69, 9.17) is 5.73 Å². The highest BCUT2D eigenvalue weighted by atomic mass is 16.2. The number of nitrogens with two attached hydrogens (primary N) is 1. The van der Waals surface area contributed by atoms with Crippen LogP contribution in [0.3, 0.4) is 0 Å². The standard InChI is InChI=1S/C24H26N6O3/c25-22(31)21(16-7-3-1-4-8-16)27-24(33)18-11-12-20(13-18)30-15-19(28-29-30)14-26-23(32)17-9-5-2-6-10-17/h1-10,15,18,20-21H,11-14H2,(H2,25,31)(H,26,32)(H,27,33). The van der Waals surface area contributed by atoms with Crippen LogP contribution in [0.4, 0.5) is 0 Å². The van der Waals surface area contributed by atoms with Gasteiger partial charge in [0.05, 0.1) is 18.8 Å². The molecule has 1 heterocycles. The van der Waals surface area contributed by atoms with E-state index in [1.807, 2.05) is 24.3 Å². The zero-order valence-corrected chi connectivity index (χ0v) is 18.1. The largest absolute Gasteiger partial charge is 0.368 e. The average molecular weight is 447 g/mol. The number of amides is 3. The van der Waals surface area contributed by atoms with Gasteiger partial charge in [-0.3, -0.25) is 14.4 Å². The number of carbonyl (C=O) groups excluding carboxylic acids is 3. The van der Waals surface area contributed by atoms with Gasteiger partial charge in [-0.1, -0.05) is 53.7 Å². The van der Waals surface area contributed by atoms with Crippen LogP contribution >= 0.6 is 0 Å². The van der Waals surface area contributed by atoms with Gasteiger partial charge in [0.25, 0.3) is 5.91 Å². The third kappa shape index (κ3) is 5.43. The molecule has 0 bridgehead atoms. The van der Waals surface area contributed by atoms with Crippen LogP contribution in [0.5, 0.6) is 0 Å². The van der Waals surface area contributed by atoms with E-state index in [1.54, 1.807) is 47.3 Å². The summed E-state index contributed by atoms with van der Waals surface area (Å²) in [7, 11) is 0. The van der Waals surface area contributed by atoms with Crippen molar-refractivity contribution in [2.24, 2.45) is 11.7 Å². The maximum atomic E-state index is 12.8. The zero-order chi connectivity index (χ0) is 23.2. The predicted octanol–water partition coefficient (Wildman–Crippen LogP) is 1.89. The van der Waals surface area contributed by atoms with E-state index in [2.05, 4.69) is 20.9 Å². The average Bonchev–Trinajstić information content (AvgIpc) is 3.51. The molecule has 2 aromatic carbocycles. The number of hydrogen-bond acceptors (Lipinski definition) is 5. The maximum absolute atomic E-state index is 12.8. The molecule has 3 atom stereocenters. The molecule has 1 aliphatic carbocycles. The molecule has 170 valence electrons. The van der Waals surface area contributed by atoms with Crippen molar-refractivity contribution in [3.8, 4) is 0 Å². The van der Waals surface area contributed by atoms with Crippen molar-refractivity contribution in [1.82, 2.24) is 25.6 Å². The second-order valence-electron chi connectivity index (χ2n) is 8.16. The third-order valence-electron chi connectivity index (χ3n) is 5.88. The first kappa shape index (κ1) is 22.2. The second-order valence-corrected chi connectivity index (χ2v) is 8.16. The van der Waals surface area contributed by atoms with Crippen LogP contribution < -0.4 is 16.4 Å². The lowest BCUT2D eigenvalue weighted by Crippen LogP contribution is -2.40. The Hall–Kier alpha value is -4.01. The Morgan fingerprint density at radius 2 is 1.73 bits per heavy atom. The number of hydrogen-bond donors (Lipinski definition) is 3. The molecule has 1 fully saturated rings. The molecule has 0 radical (unpaired) electrons. The van der Waals surface area contributed by atoms with E-state index in [1.165, 1.54) is 0 Å². The Balaban J connectivity index is 1.31. The first-order valence-electron chi connectivity index (χ1n) is 10.9. The van der Waals surface area contributed by atoms with Crippen molar-refractivity contribution in [2.45, 2.75) is 37.9 Å². The number of nitrogens with zero attached hydrogens (tertiary/aromatic N) is 3. The molecule has 9 nitrogen and oxygen atoms in total. The Bertz CT molecular complexity index is 1120. The van der Waals surface area contributed by atoms with Gasteiger partial charge in [0.1, 0.15) is 11.7 Å². The smallest absolute Gasteiger partial charge is 0.251 e. The summed E-state index contributed by atoms with van der Waals surface area (Å²) in [5, 5.41) is 14.0. The lowest BCUT2D eigenvalue weighted by molar-refractivity contribution is -0.130. The Kier molecular flexibility index (Phi) is 6.77. The number of primary amides is 1. The molecular formula is C24H26N6O3. The maximum Gasteiger partial charge on any atom is 0.251 e. The Labute approximate surface area is 191 Å². The number of benzene rings is 2. The van der Waals surface area contributed by atoms with Gasteiger partial charge in [0.2, 0.25) is 11.8 Å². The summed E-state index contributed by atoms with van der Waals surface area (Å²) in [6, 6.07) is 17.1. The van der Waals surface area contributed by atoms with Gasteiger partial charge in [0.15, 0.2) is 0 Å². The molecule has 3 amide bonds. The van der Waals surface area contributed by atoms with E-state index < -0.39 is 11.9 Å². The fourth-order valence-corrected chi connectivity index (χ4v) is 4.10. The highest BCUT2D eigenvalue weighted by molar-refractivity contribution is 5.94. The molecule has 9 heteroatoms. The molecule has 1 saturated carbocycles. The van der Waals surface area contributed by atoms with Gasteiger partial charge in [-0.2, -0.15) is 0 Å².